The standard InChI is InChI=1S/C18H21NO5S/c1-5-12-7-8-14(25-12)13(20)9-24-17(21)15-10(3)16(19-11(15)4)18(22)23-6-2/h7-8,19H,5-6,9H2,1-4H3. The number of esters is 2. The van der Waals surface area contributed by atoms with Gasteiger partial charge in [0.1, 0.15) is 5.69 Å². The lowest BCUT2D eigenvalue weighted by Crippen LogP contribution is -2.14. The molecule has 2 heterocycles. The molecule has 0 aliphatic heterocycles. The molecule has 2 rings (SSSR count). The number of hydrogen-bond donors (Lipinski definition) is 1. The molecule has 0 aromatic carbocycles. The highest BCUT2D eigenvalue weighted by Crippen LogP contribution is 2.21. The summed E-state index contributed by atoms with van der Waals surface area (Å²) in [6, 6.07) is 3.64. The third-order valence-corrected chi connectivity index (χ3v) is 5.01. The lowest BCUT2D eigenvalue weighted by molar-refractivity contribution is 0.0474. The van der Waals surface area contributed by atoms with Crippen molar-refractivity contribution in [2.75, 3.05) is 13.2 Å². The van der Waals surface area contributed by atoms with E-state index < -0.39 is 11.9 Å². The summed E-state index contributed by atoms with van der Waals surface area (Å²) in [6.45, 7) is 6.94. The highest BCUT2D eigenvalue weighted by Gasteiger charge is 2.24. The molecule has 25 heavy (non-hydrogen) atoms. The van der Waals surface area contributed by atoms with Crippen molar-refractivity contribution in [2.45, 2.75) is 34.1 Å². The Balaban J connectivity index is 2.08. The van der Waals surface area contributed by atoms with Crippen LogP contribution in [0.2, 0.25) is 0 Å². The number of aromatic nitrogens is 1. The Hall–Kier alpha value is -2.41. The fraction of sp³-hybridized carbons (Fsp3) is 0.389. The van der Waals surface area contributed by atoms with E-state index >= 15 is 0 Å². The van der Waals surface area contributed by atoms with Gasteiger partial charge < -0.3 is 14.5 Å². The lowest BCUT2D eigenvalue weighted by atomic mass is 10.1. The molecule has 0 atom stereocenters. The number of hydrogen-bond acceptors (Lipinski definition) is 6. The second-order valence-corrected chi connectivity index (χ2v) is 6.63. The minimum Gasteiger partial charge on any atom is -0.461 e. The molecule has 134 valence electrons. The third-order valence-electron chi connectivity index (χ3n) is 3.74. The minimum atomic E-state index is -0.637. The maximum absolute atomic E-state index is 12.3. The van der Waals surface area contributed by atoms with E-state index in [2.05, 4.69) is 4.98 Å². The predicted molar refractivity (Wildman–Crippen MR) is 94.5 cm³/mol. The normalized spacial score (nSPS) is 10.6. The van der Waals surface area contributed by atoms with Crippen molar-refractivity contribution in [2.24, 2.45) is 0 Å². The van der Waals surface area contributed by atoms with E-state index in [4.69, 9.17) is 9.47 Å². The smallest absolute Gasteiger partial charge is 0.355 e. The zero-order valence-electron chi connectivity index (χ0n) is 14.7. The summed E-state index contributed by atoms with van der Waals surface area (Å²) in [5.41, 5.74) is 1.44. The number of Topliss-reactive ketones (excluding diaryl/α,β-unsaturated/α-hetero) is 1. The van der Waals surface area contributed by atoms with E-state index in [1.807, 2.05) is 13.0 Å². The molecule has 2 aromatic heterocycles. The van der Waals surface area contributed by atoms with Gasteiger partial charge in [-0.25, -0.2) is 9.59 Å². The maximum atomic E-state index is 12.3. The van der Waals surface area contributed by atoms with Crippen LogP contribution in [0, 0.1) is 13.8 Å². The molecule has 6 nitrogen and oxygen atoms in total. The van der Waals surface area contributed by atoms with Crippen molar-refractivity contribution in [3.63, 3.8) is 0 Å². The van der Waals surface area contributed by atoms with Crippen molar-refractivity contribution in [1.29, 1.82) is 0 Å². The molecule has 0 unspecified atom stereocenters. The Labute approximate surface area is 150 Å². The van der Waals surface area contributed by atoms with E-state index in [1.54, 1.807) is 26.8 Å². The number of H-pyrrole nitrogens is 1. The molecule has 0 saturated heterocycles. The molecular formula is C18H21NO5S. The van der Waals surface area contributed by atoms with Crippen LogP contribution in [0.25, 0.3) is 0 Å². The van der Waals surface area contributed by atoms with Gasteiger partial charge in [-0.05, 0) is 44.9 Å². The van der Waals surface area contributed by atoms with Gasteiger partial charge in [0, 0.05) is 10.6 Å². The summed E-state index contributed by atoms with van der Waals surface area (Å²) in [4.78, 5) is 40.9. The molecule has 0 spiro atoms. The highest BCUT2D eigenvalue weighted by atomic mass is 32.1. The quantitative estimate of drug-likeness (QED) is 0.601. The van der Waals surface area contributed by atoms with Crippen molar-refractivity contribution >= 4 is 29.1 Å². The zero-order chi connectivity index (χ0) is 18.6. The van der Waals surface area contributed by atoms with Gasteiger partial charge in [-0.2, -0.15) is 0 Å². The lowest BCUT2D eigenvalue weighted by Gasteiger charge is -2.04. The van der Waals surface area contributed by atoms with Gasteiger partial charge in [0.05, 0.1) is 17.0 Å². The van der Waals surface area contributed by atoms with Gasteiger partial charge in [0.2, 0.25) is 5.78 Å². The molecule has 2 aromatic rings. The summed E-state index contributed by atoms with van der Waals surface area (Å²) in [5, 5.41) is 0. The molecule has 0 bridgehead atoms. The van der Waals surface area contributed by atoms with Crippen LogP contribution in [-0.4, -0.2) is 35.9 Å². The average Bonchev–Trinajstić information content (AvgIpc) is 3.17. The number of aromatic amines is 1. The fourth-order valence-electron chi connectivity index (χ4n) is 2.46. The van der Waals surface area contributed by atoms with Crippen LogP contribution in [-0.2, 0) is 15.9 Å². The second kappa shape index (κ2) is 8.11. The van der Waals surface area contributed by atoms with Gasteiger partial charge in [-0.1, -0.05) is 6.92 Å². The Morgan fingerprint density at radius 2 is 1.80 bits per heavy atom. The first-order valence-electron chi connectivity index (χ1n) is 8.04. The van der Waals surface area contributed by atoms with Gasteiger partial charge in [0.15, 0.2) is 6.61 Å². The van der Waals surface area contributed by atoms with Gasteiger partial charge in [-0.3, -0.25) is 4.79 Å². The van der Waals surface area contributed by atoms with E-state index in [0.717, 1.165) is 11.3 Å². The Kier molecular flexibility index (Phi) is 6.14. The number of thiophene rings is 1. The van der Waals surface area contributed by atoms with Crippen LogP contribution in [0.4, 0.5) is 0 Å². The number of ketones is 1. The van der Waals surface area contributed by atoms with Crippen LogP contribution in [0.1, 0.15) is 60.5 Å². The first-order chi connectivity index (χ1) is 11.9. The minimum absolute atomic E-state index is 0.225. The topological polar surface area (TPSA) is 85.5 Å². The molecule has 0 amide bonds. The van der Waals surface area contributed by atoms with E-state index in [0.29, 0.717) is 16.1 Å². The van der Waals surface area contributed by atoms with Crippen molar-refractivity contribution in [3.05, 3.63) is 44.4 Å². The Morgan fingerprint density at radius 3 is 2.40 bits per heavy atom. The second-order valence-electron chi connectivity index (χ2n) is 5.46. The van der Waals surface area contributed by atoms with Gasteiger partial charge >= 0.3 is 11.9 Å². The average molecular weight is 363 g/mol. The largest absolute Gasteiger partial charge is 0.461 e. The molecule has 0 aliphatic rings. The monoisotopic (exact) mass is 363 g/mol. The van der Waals surface area contributed by atoms with E-state index in [9.17, 15) is 14.4 Å². The van der Waals surface area contributed by atoms with Crippen molar-refractivity contribution < 1.29 is 23.9 Å². The molecule has 7 heteroatoms. The Morgan fingerprint density at radius 1 is 1.08 bits per heavy atom. The zero-order valence-corrected chi connectivity index (χ0v) is 15.5. The molecule has 0 saturated carbocycles. The molecule has 0 fully saturated rings. The summed E-state index contributed by atoms with van der Waals surface area (Å²) < 4.78 is 10.1. The number of nitrogens with one attached hydrogen (secondary N) is 1. The molecular weight excluding hydrogens is 342 g/mol. The van der Waals surface area contributed by atoms with Crippen molar-refractivity contribution in [1.82, 2.24) is 4.98 Å². The predicted octanol–water partition coefficient (Wildman–Crippen LogP) is 3.47. The fourth-order valence-corrected chi connectivity index (χ4v) is 3.33. The molecule has 0 radical (unpaired) electrons. The number of carbonyl (C=O) groups excluding carboxylic acids is 3. The van der Waals surface area contributed by atoms with Crippen LogP contribution in [0.5, 0.6) is 0 Å². The summed E-state index contributed by atoms with van der Waals surface area (Å²) >= 11 is 1.40. The van der Waals surface area contributed by atoms with Crippen LogP contribution >= 0.6 is 11.3 Å². The number of aryl methyl sites for hydroxylation is 2. The van der Waals surface area contributed by atoms with Gasteiger partial charge in [-0.15, -0.1) is 11.3 Å². The van der Waals surface area contributed by atoms with Crippen molar-refractivity contribution in [3.8, 4) is 0 Å². The first-order valence-corrected chi connectivity index (χ1v) is 8.85. The number of rotatable bonds is 7. The van der Waals surface area contributed by atoms with Gasteiger partial charge in [0.25, 0.3) is 0 Å². The third kappa shape index (κ3) is 4.17. The summed E-state index contributed by atoms with van der Waals surface area (Å²) in [7, 11) is 0. The Bertz CT molecular complexity index is 802. The van der Waals surface area contributed by atoms with E-state index in [-0.39, 0.29) is 30.3 Å². The summed E-state index contributed by atoms with van der Waals surface area (Å²) in [6.07, 6.45) is 0.857. The SMILES string of the molecule is CCOC(=O)c1[nH]c(C)c(C(=O)OCC(=O)c2ccc(CC)s2)c1C. The number of ether oxygens (including phenoxy) is 2. The van der Waals surface area contributed by atoms with Crippen LogP contribution < -0.4 is 0 Å². The highest BCUT2D eigenvalue weighted by molar-refractivity contribution is 7.14. The summed E-state index contributed by atoms with van der Waals surface area (Å²) in [5.74, 6) is -1.40. The molecule has 1 N–H and O–H groups in total. The first kappa shape index (κ1) is 18.9. The molecule has 0 aliphatic carbocycles. The van der Waals surface area contributed by atoms with Crippen LogP contribution in [0.3, 0.4) is 0 Å². The maximum Gasteiger partial charge on any atom is 0.355 e. The number of carbonyl (C=O) groups is 3. The van der Waals surface area contributed by atoms with E-state index in [1.165, 1.54) is 11.3 Å². The van der Waals surface area contributed by atoms with Crippen LogP contribution in [0.15, 0.2) is 12.1 Å².